The Morgan fingerprint density at radius 1 is 1.24 bits per heavy atom. The quantitative estimate of drug-likeness (QED) is 0.724. The van der Waals surface area contributed by atoms with Gasteiger partial charge in [0.25, 0.3) is 0 Å². The van der Waals surface area contributed by atoms with Crippen molar-refractivity contribution in [1.29, 1.82) is 0 Å². The van der Waals surface area contributed by atoms with Gasteiger partial charge in [-0.3, -0.25) is 14.6 Å². The lowest BCUT2D eigenvalue weighted by atomic mass is 9.95. The summed E-state index contributed by atoms with van der Waals surface area (Å²) in [5.41, 5.74) is 0.853. The number of nitrogens with zero attached hydrogens (tertiary/aromatic N) is 4. The molecule has 1 aromatic heterocycles. The molecule has 0 spiro atoms. The van der Waals surface area contributed by atoms with Gasteiger partial charge in [0.15, 0.2) is 0 Å². The molecule has 3 heterocycles. The lowest BCUT2D eigenvalue weighted by Gasteiger charge is -2.32. The first-order valence-corrected chi connectivity index (χ1v) is 10.7. The largest absolute Gasteiger partial charge is 0.368 e. The van der Waals surface area contributed by atoms with Gasteiger partial charge in [0.05, 0.1) is 24.9 Å². The third kappa shape index (κ3) is 6.24. The van der Waals surface area contributed by atoms with Crippen molar-refractivity contribution >= 4 is 11.8 Å². The molecule has 0 unspecified atom stereocenters. The molecule has 2 aliphatic heterocycles. The highest BCUT2D eigenvalue weighted by atomic mass is 16.5. The van der Waals surface area contributed by atoms with E-state index in [1.807, 2.05) is 23.1 Å². The van der Waals surface area contributed by atoms with Gasteiger partial charge in [0, 0.05) is 31.7 Å². The molecule has 7 heteroatoms. The fourth-order valence-electron chi connectivity index (χ4n) is 4.07. The zero-order valence-corrected chi connectivity index (χ0v) is 17.9. The van der Waals surface area contributed by atoms with Crippen molar-refractivity contribution in [2.75, 3.05) is 46.3 Å². The maximum Gasteiger partial charge on any atom is 0.242 e. The number of pyridine rings is 1. The highest BCUT2D eigenvalue weighted by Gasteiger charge is 2.34. The molecule has 0 saturated carbocycles. The zero-order valence-electron chi connectivity index (χ0n) is 17.9. The maximum atomic E-state index is 13.2. The molecule has 1 aromatic rings. The van der Waals surface area contributed by atoms with Crippen LogP contribution >= 0.6 is 0 Å². The number of carbonyl (C=O) groups is 2. The molecule has 29 heavy (non-hydrogen) atoms. The minimum atomic E-state index is -0.211. The van der Waals surface area contributed by atoms with E-state index < -0.39 is 0 Å². The van der Waals surface area contributed by atoms with Gasteiger partial charge in [-0.25, -0.2) is 0 Å². The lowest BCUT2D eigenvalue weighted by molar-refractivity contribution is -0.142. The second kappa shape index (κ2) is 10.2. The van der Waals surface area contributed by atoms with Gasteiger partial charge in [-0.2, -0.15) is 0 Å². The fraction of sp³-hybridized carbons (Fsp3) is 0.682. The van der Waals surface area contributed by atoms with Crippen LogP contribution in [0.5, 0.6) is 0 Å². The third-order valence-electron chi connectivity index (χ3n) is 5.68. The maximum absolute atomic E-state index is 13.2. The molecule has 2 aliphatic rings. The van der Waals surface area contributed by atoms with Crippen molar-refractivity contribution in [1.82, 2.24) is 19.7 Å². The molecule has 0 bridgehead atoms. The van der Waals surface area contributed by atoms with E-state index in [1.54, 1.807) is 11.1 Å². The second-order valence-electron chi connectivity index (χ2n) is 8.74. The van der Waals surface area contributed by atoms with Crippen LogP contribution in [0.2, 0.25) is 0 Å². The number of rotatable bonds is 6. The Morgan fingerprint density at radius 3 is 2.66 bits per heavy atom. The number of likely N-dealkylation sites (tertiary alicyclic amines) is 1. The number of aromatic nitrogens is 1. The topological polar surface area (TPSA) is 66.0 Å². The Hall–Kier alpha value is -1.99. The Bertz CT molecular complexity index is 674. The van der Waals surface area contributed by atoms with Crippen molar-refractivity contribution in [2.45, 2.75) is 39.4 Å². The number of hydrogen-bond acceptors (Lipinski definition) is 5. The first kappa shape index (κ1) is 21.7. The van der Waals surface area contributed by atoms with Crippen LogP contribution in [0, 0.1) is 11.8 Å². The average Bonchev–Trinajstić information content (AvgIpc) is 2.86. The minimum Gasteiger partial charge on any atom is -0.368 e. The van der Waals surface area contributed by atoms with Gasteiger partial charge in [0.1, 0.15) is 0 Å². The first-order chi connectivity index (χ1) is 13.9. The lowest BCUT2D eigenvalue weighted by Crippen LogP contribution is -2.45. The van der Waals surface area contributed by atoms with Crippen LogP contribution in [0.1, 0.15) is 32.4 Å². The number of hydrogen-bond donors (Lipinski definition) is 0. The number of piperidine rings is 1. The molecule has 160 valence electrons. The van der Waals surface area contributed by atoms with Crippen LogP contribution in [0.3, 0.4) is 0 Å². The van der Waals surface area contributed by atoms with E-state index in [0.717, 1.165) is 31.6 Å². The van der Waals surface area contributed by atoms with E-state index in [2.05, 4.69) is 30.8 Å². The van der Waals surface area contributed by atoms with E-state index >= 15 is 0 Å². The molecule has 0 aliphatic carbocycles. The van der Waals surface area contributed by atoms with Crippen LogP contribution < -0.4 is 0 Å². The van der Waals surface area contributed by atoms with Crippen molar-refractivity contribution in [3.05, 3.63) is 30.1 Å². The van der Waals surface area contributed by atoms with E-state index in [0.29, 0.717) is 32.2 Å². The van der Waals surface area contributed by atoms with E-state index in [1.165, 1.54) is 0 Å². The standard InChI is InChI=1S/C22H34N4O3/c1-17(2)12-25-13-20(29-16-19-6-4-5-9-23-19)14-26(15-21(25)27)22(28)18-7-10-24(3)11-8-18/h4-6,9,17-18,20H,7-8,10-16H2,1-3H3/t20-/m0/s1. The highest BCUT2D eigenvalue weighted by Crippen LogP contribution is 2.21. The van der Waals surface area contributed by atoms with Crippen LogP contribution in [-0.2, 0) is 20.9 Å². The Kier molecular flexibility index (Phi) is 7.61. The summed E-state index contributed by atoms with van der Waals surface area (Å²) < 4.78 is 6.14. The molecular formula is C22H34N4O3. The SMILES string of the molecule is CC(C)CN1C[C@H](OCc2ccccn2)CN(C(=O)C2CCN(C)CC2)CC1=O. The number of amides is 2. The molecule has 3 rings (SSSR count). The van der Waals surface area contributed by atoms with Crippen molar-refractivity contribution in [2.24, 2.45) is 11.8 Å². The predicted molar refractivity (Wildman–Crippen MR) is 111 cm³/mol. The fourth-order valence-corrected chi connectivity index (χ4v) is 4.07. The molecule has 2 amide bonds. The molecule has 2 saturated heterocycles. The molecule has 0 N–H and O–H groups in total. The highest BCUT2D eigenvalue weighted by molar-refractivity contribution is 5.86. The van der Waals surface area contributed by atoms with Crippen molar-refractivity contribution in [3.63, 3.8) is 0 Å². The van der Waals surface area contributed by atoms with Gasteiger partial charge >= 0.3 is 0 Å². The van der Waals surface area contributed by atoms with Gasteiger partial charge in [0.2, 0.25) is 11.8 Å². The Labute approximate surface area is 174 Å². The summed E-state index contributed by atoms with van der Waals surface area (Å²) in [7, 11) is 2.08. The average molecular weight is 403 g/mol. The molecular weight excluding hydrogens is 368 g/mol. The second-order valence-corrected chi connectivity index (χ2v) is 8.74. The summed E-state index contributed by atoms with van der Waals surface area (Å²) in [5.74, 6) is 0.492. The molecule has 2 fully saturated rings. The summed E-state index contributed by atoms with van der Waals surface area (Å²) in [6.07, 6.45) is 3.25. The predicted octanol–water partition coefficient (Wildman–Crippen LogP) is 1.64. The zero-order chi connectivity index (χ0) is 20.8. The monoisotopic (exact) mass is 402 g/mol. The molecule has 7 nitrogen and oxygen atoms in total. The van der Waals surface area contributed by atoms with Crippen LogP contribution in [0.25, 0.3) is 0 Å². The van der Waals surface area contributed by atoms with Crippen LogP contribution in [0.4, 0.5) is 0 Å². The van der Waals surface area contributed by atoms with Crippen LogP contribution in [0.15, 0.2) is 24.4 Å². The van der Waals surface area contributed by atoms with E-state index in [-0.39, 0.29) is 30.4 Å². The smallest absolute Gasteiger partial charge is 0.242 e. The van der Waals surface area contributed by atoms with Gasteiger partial charge in [-0.1, -0.05) is 19.9 Å². The summed E-state index contributed by atoms with van der Waals surface area (Å²) in [6.45, 7) is 8.24. The van der Waals surface area contributed by atoms with Gasteiger partial charge in [-0.15, -0.1) is 0 Å². The van der Waals surface area contributed by atoms with Gasteiger partial charge < -0.3 is 19.4 Å². The first-order valence-electron chi connectivity index (χ1n) is 10.7. The minimum absolute atomic E-state index is 0.00656. The molecule has 0 aromatic carbocycles. The number of ether oxygens (including phenoxy) is 1. The number of carbonyl (C=O) groups excluding carboxylic acids is 2. The summed E-state index contributed by atoms with van der Waals surface area (Å²) in [6, 6.07) is 5.73. The third-order valence-corrected chi connectivity index (χ3v) is 5.68. The van der Waals surface area contributed by atoms with Gasteiger partial charge in [-0.05, 0) is 51.0 Å². The van der Waals surface area contributed by atoms with E-state index in [9.17, 15) is 9.59 Å². The normalized spacial score (nSPS) is 22.2. The van der Waals surface area contributed by atoms with Crippen LogP contribution in [-0.4, -0.2) is 83.9 Å². The summed E-state index contributed by atoms with van der Waals surface area (Å²) >= 11 is 0. The Balaban J connectivity index is 1.69. The molecule has 0 radical (unpaired) electrons. The van der Waals surface area contributed by atoms with E-state index in [4.69, 9.17) is 4.74 Å². The van der Waals surface area contributed by atoms with Crippen molar-refractivity contribution in [3.8, 4) is 0 Å². The summed E-state index contributed by atoms with van der Waals surface area (Å²) in [4.78, 5) is 36.2. The Morgan fingerprint density at radius 2 is 2.00 bits per heavy atom. The van der Waals surface area contributed by atoms with Crippen molar-refractivity contribution < 1.29 is 14.3 Å². The molecule has 1 atom stereocenters. The summed E-state index contributed by atoms with van der Waals surface area (Å²) in [5, 5.41) is 0.